The van der Waals surface area contributed by atoms with Gasteiger partial charge in [0.2, 0.25) is 5.91 Å². The van der Waals surface area contributed by atoms with Gasteiger partial charge in [0, 0.05) is 63.7 Å². The number of piperidine rings is 1. The van der Waals surface area contributed by atoms with E-state index in [0.29, 0.717) is 24.0 Å². The van der Waals surface area contributed by atoms with Crippen LogP contribution in [-0.2, 0) is 11.2 Å². The van der Waals surface area contributed by atoms with Crippen molar-refractivity contribution in [2.24, 2.45) is 5.73 Å². The Morgan fingerprint density at radius 1 is 0.977 bits per heavy atom. The van der Waals surface area contributed by atoms with Crippen molar-refractivity contribution in [1.29, 1.82) is 0 Å². The average Bonchev–Trinajstić information content (AvgIpc) is 3.06. The molecular weight excluding hydrogens is 574 g/mol. The van der Waals surface area contributed by atoms with E-state index in [-0.39, 0.29) is 17.4 Å². The van der Waals surface area contributed by atoms with Crippen LogP contribution in [0.4, 0.5) is 23.0 Å². The number of benzene rings is 1. The van der Waals surface area contributed by atoms with E-state index >= 15 is 0 Å². The minimum atomic E-state index is -0.634. The van der Waals surface area contributed by atoms with Crippen molar-refractivity contribution in [2.45, 2.75) is 70.8 Å². The molecule has 0 bridgehead atoms. The maximum absolute atomic E-state index is 11.8. The topological polar surface area (TPSA) is 146 Å². The number of thiol groups is 1. The number of anilines is 4. The number of nitrogens with one attached hydrogen (secondary N) is 2. The lowest BCUT2D eigenvalue weighted by Gasteiger charge is -2.42. The number of aryl methyl sites for hydroxylation is 1. The van der Waals surface area contributed by atoms with Crippen molar-refractivity contribution < 1.29 is 9.59 Å². The first kappa shape index (κ1) is 35.1. The molecule has 2 amide bonds. The molecule has 3 heterocycles. The number of aromatic nitrogens is 2. The van der Waals surface area contributed by atoms with E-state index in [0.717, 1.165) is 45.0 Å². The van der Waals surface area contributed by atoms with E-state index in [1.165, 1.54) is 63.1 Å². The largest absolute Gasteiger partial charge is 0.382 e. The Bertz CT molecular complexity index is 1180. The predicted molar refractivity (Wildman–Crippen MR) is 183 cm³/mol. The fourth-order valence-corrected chi connectivity index (χ4v) is 5.80. The molecule has 2 aliphatic heterocycles. The van der Waals surface area contributed by atoms with Gasteiger partial charge in [0.1, 0.15) is 5.82 Å². The summed E-state index contributed by atoms with van der Waals surface area (Å²) in [5, 5.41) is 5.50. The van der Waals surface area contributed by atoms with Gasteiger partial charge >= 0.3 is 0 Å². The predicted octanol–water partition coefficient (Wildman–Crippen LogP) is 4.15. The van der Waals surface area contributed by atoms with Gasteiger partial charge in [0.05, 0.1) is 5.69 Å². The molecule has 242 valence electrons. The zero-order valence-electron chi connectivity index (χ0n) is 26.4. The number of likely N-dealkylation sites (N-methyl/N-ethyl adjacent to an activating group) is 1. The molecule has 2 aromatic rings. The Kier molecular flexibility index (Phi) is 14.7. The van der Waals surface area contributed by atoms with Crippen LogP contribution in [0.15, 0.2) is 36.9 Å². The zero-order chi connectivity index (χ0) is 31.9. The first-order chi connectivity index (χ1) is 21.2. The third kappa shape index (κ3) is 11.0. The smallest absolute Gasteiger partial charge is 0.271 e. The van der Waals surface area contributed by atoms with Gasteiger partial charge < -0.3 is 27.0 Å². The highest BCUT2D eigenvalue weighted by atomic mass is 32.1. The number of hydrogen-bond donors (Lipinski definition) is 5. The van der Waals surface area contributed by atoms with Gasteiger partial charge in [-0.2, -0.15) is 0 Å². The van der Waals surface area contributed by atoms with E-state index in [2.05, 4.69) is 66.2 Å². The van der Waals surface area contributed by atoms with Crippen LogP contribution in [0.1, 0.15) is 74.5 Å². The van der Waals surface area contributed by atoms with Crippen LogP contribution < -0.4 is 27.0 Å². The summed E-state index contributed by atoms with van der Waals surface area (Å²) in [5.41, 5.74) is 14.1. The van der Waals surface area contributed by atoms with E-state index in [1.54, 1.807) is 7.05 Å². The molecule has 1 aromatic heterocycles. The van der Waals surface area contributed by atoms with E-state index in [4.69, 9.17) is 11.5 Å². The fourth-order valence-electron chi connectivity index (χ4n) is 5.62. The van der Waals surface area contributed by atoms with Crippen LogP contribution in [0.25, 0.3) is 0 Å². The van der Waals surface area contributed by atoms with Crippen LogP contribution in [0.3, 0.4) is 0 Å². The lowest BCUT2D eigenvalue weighted by molar-refractivity contribution is -0.116. The maximum atomic E-state index is 11.8. The van der Waals surface area contributed by atoms with Crippen molar-refractivity contribution in [2.75, 3.05) is 62.3 Å². The standard InChI is InChI=1S/C22H32N8OS.C6H12.C4H7NO/c1-2-18-20(23)27-22(19(26-18)21(24)31)25-15-3-5-16(6-4-15)28-9-7-17(8-10-28)29-11-13-30(32)14-12-29;1-2-4-6-5-3-1;1-3-4(6)5-2/h3-6,17,32H,2,7-14H2,1H3,(H2,24,31)(H3,23,25,27);1-6H2;3H,1H2,2H3,(H,5,6). The summed E-state index contributed by atoms with van der Waals surface area (Å²) in [6, 6.07) is 8.79. The molecule has 44 heavy (non-hydrogen) atoms. The molecule has 3 fully saturated rings. The van der Waals surface area contributed by atoms with Gasteiger partial charge in [-0.25, -0.2) is 9.97 Å². The van der Waals surface area contributed by atoms with Gasteiger partial charge in [-0.05, 0) is 49.6 Å². The molecule has 5 rings (SSSR count). The lowest BCUT2D eigenvalue weighted by Crippen LogP contribution is -2.51. The van der Waals surface area contributed by atoms with E-state index in [1.807, 2.05) is 19.1 Å². The Morgan fingerprint density at radius 3 is 2.00 bits per heavy atom. The van der Waals surface area contributed by atoms with Crippen molar-refractivity contribution in [3.63, 3.8) is 0 Å². The Hall–Kier alpha value is -3.35. The maximum Gasteiger partial charge on any atom is 0.271 e. The first-order valence-electron chi connectivity index (χ1n) is 15.9. The zero-order valence-corrected chi connectivity index (χ0v) is 27.3. The van der Waals surface area contributed by atoms with Crippen molar-refractivity contribution in [3.05, 3.63) is 48.3 Å². The molecule has 1 aliphatic carbocycles. The molecule has 0 atom stereocenters. The van der Waals surface area contributed by atoms with Crippen molar-refractivity contribution >= 4 is 47.6 Å². The van der Waals surface area contributed by atoms with Crippen molar-refractivity contribution in [1.82, 2.24) is 24.5 Å². The van der Waals surface area contributed by atoms with Gasteiger partial charge in [-0.15, -0.1) is 0 Å². The van der Waals surface area contributed by atoms with Crippen LogP contribution in [0.5, 0.6) is 0 Å². The van der Waals surface area contributed by atoms with Crippen LogP contribution >= 0.6 is 12.8 Å². The van der Waals surface area contributed by atoms with Gasteiger partial charge in [0.15, 0.2) is 11.5 Å². The Labute approximate surface area is 268 Å². The van der Waals surface area contributed by atoms with Gasteiger partial charge in [-0.3, -0.25) is 18.8 Å². The van der Waals surface area contributed by atoms with Gasteiger partial charge in [0.25, 0.3) is 5.91 Å². The highest BCUT2D eigenvalue weighted by Crippen LogP contribution is 2.27. The summed E-state index contributed by atoms with van der Waals surface area (Å²) in [5.74, 6) is -0.197. The number of nitrogens with two attached hydrogens (primary N) is 2. The molecule has 0 unspecified atom stereocenters. The highest BCUT2D eigenvalue weighted by Gasteiger charge is 2.27. The number of primary amides is 1. The first-order valence-corrected chi connectivity index (χ1v) is 16.3. The summed E-state index contributed by atoms with van der Waals surface area (Å²) in [7, 11) is 1.56. The summed E-state index contributed by atoms with van der Waals surface area (Å²) >= 11 is 4.45. The second-order valence-electron chi connectivity index (χ2n) is 11.3. The lowest BCUT2D eigenvalue weighted by atomic mass is 10.0. The van der Waals surface area contributed by atoms with E-state index in [9.17, 15) is 9.59 Å². The fraction of sp³-hybridized carbons (Fsp3) is 0.562. The molecule has 11 nitrogen and oxygen atoms in total. The summed E-state index contributed by atoms with van der Waals surface area (Å²) in [6.07, 6.45) is 13.1. The second kappa shape index (κ2) is 18.5. The average molecular weight is 626 g/mol. The Balaban J connectivity index is 0.000000369. The summed E-state index contributed by atoms with van der Waals surface area (Å²) in [6.45, 7) is 11.5. The number of piperazine rings is 1. The summed E-state index contributed by atoms with van der Waals surface area (Å²) < 4.78 is 2.10. The van der Waals surface area contributed by atoms with Crippen LogP contribution in [-0.4, -0.2) is 83.3 Å². The molecule has 3 aliphatic rings. The molecule has 0 spiro atoms. The number of carbonyl (C=O) groups is 2. The monoisotopic (exact) mass is 625 g/mol. The number of rotatable bonds is 7. The van der Waals surface area contributed by atoms with Crippen molar-refractivity contribution in [3.8, 4) is 0 Å². The minimum Gasteiger partial charge on any atom is -0.382 e. The SMILES string of the molecule is C1CCCCC1.C=CC(=O)NC.CCc1nc(C(N)=O)c(Nc2ccc(N3CCC(N4CCN(S)CC4)CC3)cc2)nc1N. The second-order valence-corrected chi connectivity index (χ2v) is 11.9. The molecular formula is C32H51N9O2S. The quantitative estimate of drug-likeness (QED) is 0.226. The summed E-state index contributed by atoms with van der Waals surface area (Å²) in [4.78, 5) is 35.4. The van der Waals surface area contributed by atoms with Gasteiger partial charge in [-0.1, -0.05) is 64.8 Å². The van der Waals surface area contributed by atoms with Crippen LogP contribution in [0.2, 0.25) is 0 Å². The normalized spacial score (nSPS) is 17.8. The third-order valence-corrected chi connectivity index (χ3v) is 8.67. The number of nitrogens with zero attached hydrogens (tertiary/aromatic N) is 5. The molecule has 1 aromatic carbocycles. The molecule has 12 heteroatoms. The molecule has 1 saturated carbocycles. The number of hydrogen-bond acceptors (Lipinski definition) is 10. The molecule has 0 radical (unpaired) electrons. The third-order valence-electron chi connectivity index (χ3n) is 8.27. The molecule has 6 N–H and O–H groups in total. The number of nitrogen functional groups attached to an aromatic ring is 1. The minimum absolute atomic E-state index is 0.0981. The molecule has 2 saturated heterocycles. The highest BCUT2D eigenvalue weighted by molar-refractivity contribution is 7.77. The number of carbonyl (C=O) groups excluding carboxylic acids is 2. The Morgan fingerprint density at radius 2 is 1.55 bits per heavy atom. The van der Waals surface area contributed by atoms with Crippen LogP contribution in [0, 0.1) is 0 Å². The van der Waals surface area contributed by atoms with E-state index < -0.39 is 5.91 Å². The number of amides is 2.